The minimum atomic E-state index is -0.942. The fourth-order valence-corrected chi connectivity index (χ4v) is 5.51. The third-order valence-corrected chi connectivity index (χ3v) is 7.27. The molecule has 1 aliphatic rings. The molecule has 186 valence electrons. The van der Waals surface area contributed by atoms with E-state index in [1.165, 1.54) is 19.3 Å². The molecule has 6 rings (SSSR count). The molecule has 0 unspecified atom stereocenters. The lowest BCUT2D eigenvalue weighted by atomic mass is 9.94. The van der Waals surface area contributed by atoms with Crippen LogP contribution in [0, 0.1) is 0 Å². The van der Waals surface area contributed by atoms with Crippen LogP contribution < -0.4 is 4.74 Å². The maximum atomic E-state index is 11.6. The van der Waals surface area contributed by atoms with Crippen molar-refractivity contribution >= 4 is 27.9 Å². The first-order valence-corrected chi connectivity index (χ1v) is 13.0. The second-order valence-corrected chi connectivity index (χ2v) is 9.64. The smallest absolute Gasteiger partial charge is 0.335 e. The average Bonchev–Trinajstić information content (AvgIpc) is 3.33. The van der Waals surface area contributed by atoms with Gasteiger partial charge in [-0.1, -0.05) is 49.6 Å². The molecule has 0 atom stereocenters. The van der Waals surface area contributed by atoms with Gasteiger partial charge in [0.25, 0.3) is 0 Å². The van der Waals surface area contributed by atoms with Gasteiger partial charge in [0, 0.05) is 28.6 Å². The van der Waals surface area contributed by atoms with Crippen molar-refractivity contribution in [2.24, 2.45) is 0 Å². The molecule has 5 aromatic rings. The van der Waals surface area contributed by atoms with Crippen molar-refractivity contribution in [3.8, 4) is 28.4 Å². The lowest BCUT2D eigenvalue weighted by molar-refractivity contribution is 0.0697. The third kappa shape index (κ3) is 4.33. The molecule has 0 aliphatic heterocycles. The molecule has 0 spiro atoms. The molecule has 0 saturated heterocycles. The number of aromatic carboxylic acids is 1. The Labute approximate surface area is 215 Å². The molecule has 37 heavy (non-hydrogen) atoms. The summed E-state index contributed by atoms with van der Waals surface area (Å²) in [4.78, 5) is 21.6. The van der Waals surface area contributed by atoms with Gasteiger partial charge in [-0.15, -0.1) is 0 Å². The number of nitrogens with zero attached hydrogens (tertiary/aromatic N) is 3. The van der Waals surface area contributed by atoms with E-state index in [4.69, 9.17) is 14.7 Å². The Morgan fingerprint density at radius 1 is 0.919 bits per heavy atom. The summed E-state index contributed by atoms with van der Waals surface area (Å²) in [5.74, 6) is 0.714. The van der Waals surface area contributed by atoms with Crippen LogP contribution in [-0.2, 0) is 0 Å². The molecule has 0 radical (unpaired) electrons. The van der Waals surface area contributed by atoms with Gasteiger partial charge in [-0.3, -0.25) is 0 Å². The zero-order chi connectivity index (χ0) is 25.4. The second kappa shape index (κ2) is 9.69. The summed E-state index contributed by atoms with van der Waals surface area (Å²) in [6, 6.07) is 23.9. The first kappa shape index (κ1) is 23.2. The summed E-state index contributed by atoms with van der Waals surface area (Å²) in [5.41, 5.74) is 5.70. The quantitative estimate of drug-likeness (QED) is 0.266. The number of carbonyl (C=O) groups is 1. The Kier molecular flexibility index (Phi) is 6.08. The van der Waals surface area contributed by atoms with Crippen molar-refractivity contribution in [2.75, 3.05) is 6.61 Å². The van der Waals surface area contributed by atoms with Gasteiger partial charge in [-0.2, -0.15) is 0 Å². The van der Waals surface area contributed by atoms with E-state index in [9.17, 15) is 9.90 Å². The van der Waals surface area contributed by atoms with E-state index in [2.05, 4.69) is 28.8 Å². The van der Waals surface area contributed by atoms with Crippen LogP contribution in [0.25, 0.3) is 44.6 Å². The minimum Gasteiger partial charge on any atom is -0.493 e. The maximum Gasteiger partial charge on any atom is 0.335 e. The van der Waals surface area contributed by atoms with Gasteiger partial charge < -0.3 is 14.4 Å². The highest BCUT2D eigenvalue weighted by atomic mass is 16.5. The van der Waals surface area contributed by atoms with Crippen molar-refractivity contribution in [2.45, 2.75) is 45.1 Å². The van der Waals surface area contributed by atoms with Gasteiger partial charge in [-0.25, -0.2) is 14.8 Å². The third-order valence-electron chi connectivity index (χ3n) is 7.27. The Hall–Kier alpha value is -4.19. The maximum absolute atomic E-state index is 11.6. The summed E-state index contributed by atoms with van der Waals surface area (Å²) in [7, 11) is 0. The van der Waals surface area contributed by atoms with Crippen LogP contribution in [0.15, 0.2) is 72.8 Å². The summed E-state index contributed by atoms with van der Waals surface area (Å²) >= 11 is 0. The van der Waals surface area contributed by atoms with Gasteiger partial charge in [0.15, 0.2) is 0 Å². The van der Waals surface area contributed by atoms with Gasteiger partial charge in [0.1, 0.15) is 11.6 Å². The predicted octanol–water partition coefficient (Wildman–Crippen LogP) is 7.52. The normalized spacial score (nSPS) is 14.3. The predicted molar refractivity (Wildman–Crippen MR) is 146 cm³/mol. The molecular weight excluding hydrogens is 462 g/mol. The SMILES string of the molecule is CCOc1cc(-c2ccccc2)nc2ccc(-c3nc4cc(C(=O)O)ccc4n3C3CCCCC3)cc12. The van der Waals surface area contributed by atoms with Crippen LogP contribution in [0.2, 0.25) is 0 Å². The second-order valence-electron chi connectivity index (χ2n) is 9.64. The molecule has 1 aliphatic carbocycles. The number of hydrogen-bond acceptors (Lipinski definition) is 4. The van der Waals surface area contributed by atoms with Crippen LogP contribution >= 0.6 is 0 Å². The molecule has 6 heteroatoms. The van der Waals surface area contributed by atoms with E-state index in [0.29, 0.717) is 18.2 Å². The van der Waals surface area contributed by atoms with Crippen molar-refractivity contribution in [3.63, 3.8) is 0 Å². The highest BCUT2D eigenvalue weighted by Crippen LogP contribution is 2.38. The van der Waals surface area contributed by atoms with E-state index in [-0.39, 0.29) is 5.56 Å². The van der Waals surface area contributed by atoms with Gasteiger partial charge >= 0.3 is 5.97 Å². The van der Waals surface area contributed by atoms with Gasteiger partial charge in [0.2, 0.25) is 0 Å². The molecular formula is C31H29N3O3. The molecule has 6 nitrogen and oxygen atoms in total. The highest BCUT2D eigenvalue weighted by molar-refractivity contribution is 5.95. The minimum absolute atomic E-state index is 0.252. The van der Waals surface area contributed by atoms with Gasteiger partial charge in [0.05, 0.1) is 34.4 Å². The molecule has 2 aromatic heterocycles. The zero-order valence-corrected chi connectivity index (χ0v) is 20.9. The average molecular weight is 492 g/mol. The van der Waals surface area contributed by atoms with E-state index in [1.54, 1.807) is 12.1 Å². The Bertz CT molecular complexity index is 1600. The van der Waals surface area contributed by atoms with Crippen molar-refractivity contribution in [1.82, 2.24) is 14.5 Å². The van der Waals surface area contributed by atoms with Gasteiger partial charge in [-0.05, 0) is 56.2 Å². The first-order valence-electron chi connectivity index (χ1n) is 13.0. The highest BCUT2D eigenvalue weighted by Gasteiger charge is 2.23. The van der Waals surface area contributed by atoms with Crippen LogP contribution in [0.1, 0.15) is 55.4 Å². The van der Waals surface area contributed by atoms with Crippen molar-refractivity contribution < 1.29 is 14.6 Å². The standard InChI is InChI=1S/C31H29N3O3/c1-2-37-29-19-26(20-9-5-3-6-10-20)32-25-15-13-21(17-24(25)29)30-33-27-18-22(31(35)36)14-16-28(27)34(30)23-11-7-4-8-12-23/h3,5-6,9-10,13-19,23H,2,4,7-8,11-12H2,1H3,(H,35,36). The summed E-state index contributed by atoms with van der Waals surface area (Å²) in [5, 5.41) is 10.5. The van der Waals surface area contributed by atoms with Crippen molar-refractivity contribution in [3.05, 3.63) is 78.4 Å². The lowest BCUT2D eigenvalue weighted by Crippen LogP contribution is -2.14. The molecule has 0 bridgehead atoms. The molecule has 0 amide bonds. The number of benzene rings is 3. The number of ether oxygens (including phenoxy) is 1. The molecule has 2 heterocycles. The van der Waals surface area contributed by atoms with Crippen LogP contribution in [0.4, 0.5) is 0 Å². The zero-order valence-electron chi connectivity index (χ0n) is 20.9. The monoisotopic (exact) mass is 491 g/mol. The molecule has 1 N–H and O–H groups in total. The summed E-state index contributed by atoms with van der Waals surface area (Å²) in [6.45, 7) is 2.54. The van der Waals surface area contributed by atoms with E-state index in [1.807, 2.05) is 43.3 Å². The van der Waals surface area contributed by atoms with Crippen molar-refractivity contribution in [1.29, 1.82) is 0 Å². The topological polar surface area (TPSA) is 77.2 Å². The summed E-state index contributed by atoms with van der Waals surface area (Å²) < 4.78 is 8.41. The van der Waals surface area contributed by atoms with Crippen LogP contribution in [0.3, 0.4) is 0 Å². The number of fused-ring (bicyclic) bond motifs is 2. The Morgan fingerprint density at radius 2 is 1.73 bits per heavy atom. The number of carboxylic acids is 1. The Morgan fingerprint density at radius 3 is 2.49 bits per heavy atom. The molecule has 3 aromatic carbocycles. The van der Waals surface area contributed by atoms with E-state index < -0.39 is 5.97 Å². The van der Waals surface area contributed by atoms with E-state index in [0.717, 1.165) is 57.7 Å². The molecule has 1 saturated carbocycles. The number of pyridine rings is 1. The Balaban J connectivity index is 1.54. The number of carboxylic acid groups (broad SMARTS) is 1. The number of rotatable bonds is 6. The van der Waals surface area contributed by atoms with Crippen LogP contribution in [-0.4, -0.2) is 32.2 Å². The summed E-state index contributed by atoms with van der Waals surface area (Å²) in [6.07, 6.45) is 5.83. The largest absolute Gasteiger partial charge is 0.493 e. The van der Waals surface area contributed by atoms with E-state index >= 15 is 0 Å². The lowest BCUT2D eigenvalue weighted by Gasteiger charge is -2.25. The fraction of sp³-hybridized carbons (Fsp3) is 0.258. The number of imidazole rings is 1. The number of hydrogen-bond donors (Lipinski definition) is 1. The number of aromatic nitrogens is 3. The van der Waals surface area contributed by atoms with Crippen LogP contribution in [0.5, 0.6) is 5.75 Å². The first-order chi connectivity index (χ1) is 18.1. The molecule has 1 fully saturated rings. The fourth-order valence-electron chi connectivity index (χ4n) is 5.51.